The molecule has 2 aromatic carbocycles. The lowest BCUT2D eigenvalue weighted by molar-refractivity contribution is -0.143. The molecule has 0 aliphatic carbocycles. The van der Waals surface area contributed by atoms with E-state index >= 15 is 0 Å². The summed E-state index contributed by atoms with van der Waals surface area (Å²) in [7, 11) is 0. The minimum Gasteiger partial charge on any atom is -0.506 e. The lowest BCUT2D eigenvalue weighted by Gasteiger charge is -2.25. The second-order valence-electron chi connectivity index (χ2n) is 7.52. The molecular formula is C24H28N2O5. The van der Waals surface area contributed by atoms with Crippen LogP contribution in [0.15, 0.2) is 48.5 Å². The highest BCUT2D eigenvalue weighted by atomic mass is 16.5. The number of nitrogens with one attached hydrogen (secondary N) is 1. The second-order valence-corrected chi connectivity index (χ2v) is 7.52. The van der Waals surface area contributed by atoms with Crippen molar-refractivity contribution in [3.63, 3.8) is 0 Å². The number of hydrogen-bond donors (Lipinski definition) is 2. The average molecular weight is 424 g/mol. The van der Waals surface area contributed by atoms with E-state index in [9.17, 15) is 19.5 Å². The Hall–Kier alpha value is -3.35. The fourth-order valence-corrected chi connectivity index (χ4v) is 3.79. The molecule has 0 radical (unpaired) electrons. The quantitative estimate of drug-likeness (QED) is 0.475. The first-order chi connectivity index (χ1) is 15.0. The number of benzene rings is 2. The minimum absolute atomic E-state index is 0.0408. The van der Waals surface area contributed by atoms with Gasteiger partial charge in [0.1, 0.15) is 11.8 Å². The van der Waals surface area contributed by atoms with Crippen molar-refractivity contribution in [2.24, 2.45) is 0 Å². The first-order valence-electron chi connectivity index (χ1n) is 10.6. The Morgan fingerprint density at radius 1 is 1.16 bits per heavy atom. The number of amides is 2. The van der Waals surface area contributed by atoms with Gasteiger partial charge in [0.15, 0.2) is 0 Å². The predicted molar refractivity (Wildman–Crippen MR) is 116 cm³/mol. The number of aryl methyl sites for hydroxylation is 1. The standard InChI is InChI=1S/C24H28N2O5/c1-2-31-22(29)13-7-11-18-10-6-12-20(27)23(18)25-24(30)19-14-15-21(28)26(19)16-17-8-4-3-5-9-17/h3-6,8-10,12,19,27H,2,7,11,13-16H2,1H3,(H,25,30)/t19-/m1/s1. The van der Waals surface area contributed by atoms with Crippen LogP contribution in [0.2, 0.25) is 0 Å². The summed E-state index contributed by atoms with van der Waals surface area (Å²) in [5, 5.41) is 13.2. The van der Waals surface area contributed by atoms with Gasteiger partial charge in [-0.15, -0.1) is 0 Å². The van der Waals surface area contributed by atoms with Gasteiger partial charge in [-0.1, -0.05) is 42.5 Å². The van der Waals surface area contributed by atoms with Crippen molar-refractivity contribution < 1.29 is 24.2 Å². The van der Waals surface area contributed by atoms with Crippen LogP contribution in [0.25, 0.3) is 0 Å². The van der Waals surface area contributed by atoms with Crippen molar-refractivity contribution in [3.8, 4) is 5.75 Å². The highest BCUT2D eigenvalue weighted by Crippen LogP contribution is 2.30. The van der Waals surface area contributed by atoms with Crippen LogP contribution in [0.3, 0.4) is 0 Å². The van der Waals surface area contributed by atoms with Crippen molar-refractivity contribution in [2.45, 2.75) is 51.6 Å². The smallest absolute Gasteiger partial charge is 0.305 e. The van der Waals surface area contributed by atoms with Gasteiger partial charge in [-0.2, -0.15) is 0 Å². The van der Waals surface area contributed by atoms with E-state index < -0.39 is 6.04 Å². The number of esters is 1. The topological polar surface area (TPSA) is 95.9 Å². The van der Waals surface area contributed by atoms with Crippen LogP contribution in [0.4, 0.5) is 5.69 Å². The van der Waals surface area contributed by atoms with Crippen LogP contribution in [0.1, 0.15) is 43.7 Å². The number of aromatic hydroxyl groups is 1. The summed E-state index contributed by atoms with van der Waals surface area (Å²) in [6.45, 7) is 2.46. The van der Waals surface area contributed by atoms with Gasteiger partial charge in [0, 0.05) is 19.4 Å². The first kappa shape index (κ1) is 22.3. The van der Waals surface area contributed by atoms with E-state index in [4.69, 9.17) is 4.74 Å². The van der Waals surface area contributed by atoms with Crippen LogP contribution in [-0.2, 0) is 32.1 Å². The van der Waals surface area contributed by atoms with Crippen LogP contribution in [-0.4, -0.2) is 40.4 Å². The van der Waals surface area contributed by atoms with Crippen LogP contribution >= 0.6 is 0 Å². The Balaban J connectivity index is 1.69. The SMILES string of the molecule is CCOC(=O)CCCc1cccc(O)c1NC(=O)[C@H]1CCC(=O)N1Cc1ccccc1. The molecule has 0 bridgehead atoms. The van der Waals surface area contributed by atoms with Gasteiger partial charge >= 0.3 is 5.97 Å². The number of rotatable bonds is 9. The zero-order valence-electron chi connectivity index (χ0n) is 17.7. The zero-order valence-corrected chi connectivity index (χ0v) is 17.7. The van der Waals surface area contributed by atoms with Crippen molar-refractivity contribution in [1.82, 2.24) is 4.90 Å². The van der Waals surface area contributed by atoms with Gasteiger partial charge in [-0.3, -0.25) is 14.4 Å². The van der Waals surface area contributed by atoms with Crippen molar-refractivity contribution >= 4 is 23.5 Å². The molecule has 31 heavy (non-hydrogen) atoms. The summed E-state index contributed by atoms with van der Waals surface area (Å²) >= 11 is 0. The van der Waals surface area contributed by atoms with Gasteiger partial charge in [0.05, 0.1) is 12.3 Å². The Morgan fingerprint density at radius 3 is 2.68 bits per heavy atom. The van der Waals surface area contributed by atoms with E-state index in [-0.39, 0.29) is 30.0 Å². The summed E-state index contributed by atoms with van der Waals surface area (Å²) in [6.07, 6.45) is 2.05. The minimum atomic E-state index is -0.598. The average Bonchev–Trinajstić information content (AvgIpc) is 3.11. The normalized spacial score (nSPS) is 15.7. The van der Waals surface area contributed by atoms with Crippen LogP contribution < -0.4 is 5.32 Å². The summed E-state index contributed by atoms with van der Waals surface area (Å²) in [4.78, 5) is 38.6. The lowest BCUT2D eigenvalue weighted by atomic mass is 10.0. The third-order valence-electron chi connectivity index (χ3n) is 5.34. The maximum Gasteiger partial charge on any atom is 0.305 e. The van der Waals surface area contributed by atoms with Crippen LogP contribution in [0.5, 0.6) is 5.75 Å². The highest BCUT2D eigenvalue weighted by molar-refractivity contribution is 6.00. The molecule has 1 aliphatic heterocycles. The molecule has 1 fully saturated rings. The Morgan fingerprint density at radius 2 is 1.94 bits per heavy atom. The molecular weight excluding hydrogens is 396 g/mol. The molecule has 1 atom stereocenters. The molecule has 2 amide bonds. The molecule has 7 heteroatoms. The van der Waals surface area contributed by atoms with Gasteiger partial charge in [0.2, 0.25) is 11.8 Å². The number of carbonyl (C=O) groups is 3. The Kier molecular flexibility index (Phi) is 7.65. The van der Waals surface area contributed by atoms with Crippen molar-refractivity contribution in [3.05, 3.63) is 59.7 Å². The molecule has 7 nitrogen and oxygen atoms in total. The van der Waals surface area contributed by atoms with E-state index in [2.05, 4.69) is 5.32 Å². The van der Waals surface area contributed by atoms with Crippen LogP contribution in [0, 0.1) is 0 Å². The van der Waals surface area contributed by atoms with E-state index in [0.29, 0.717) is 44.5 Å². The number of anilines is 1. The number of ether oxygens (including phenoxy) is 1. The molecule has 1 saturated heterocycles. The maximum atomic E-state index is 13.0. The summed E-state index contributed by atoms with van der Waals surface area (Å²) in [6, 6.07) is 14.0. The molecule has 0 unspecified atom stereocenters. The molecule has 1 heterocycles. The molecule has 1 aliphatic rings. The number of phenols is 1. The van der Waals surface area contributed by atoms with E-state index in [1.165, 1.54) is 6.07 Å². The number of hydrogen-bond acceptors (Lipinski definition) is 5. The first-order valence-corrected chi connectivity index (χ1v) is 10.6. The lowest BCUT2D eigenvalue weighted by Crippen LogP contribution is -2.41. The number of para-hydroxylation sites is 1. The van der Waals surface area contributed by atoms with E-state index in [0.717, 1.165) is 11.1 Å². The van der Waals surface area contributed by atoms with Gasteiger partial charge in [0.25, 0.3) is 0 Å². The molecule has 0 spiro atoms. The zero-order chi connectivity index (χ0) is 22.2. The second kappa shape index (κ2) is 10.6. The number of nitrogens with zero attached hydrogens (tertiary/aromatic N) is 1. The summed E-state index contributed by atoms with van der Waals surface area (Å²) in [5.41, 5.74) is 2.02. The maximum absolute atomic E-state index is 13.0. The molecule has 0 aromatic heterocycles. The number of likely N-dealkylation sites (tertiary alicyclic amines) is 1. The number of carbonyl (C=O) groups excluding carboxylic acids is 3. The van der Waals surface area contributed by atoms with E-state index in [1.54, 1.807) is 17.9 Å². The number of phenolic OH excluding ortho intramolecular Hbond substituents is 1. The largest absolute Gasteiger partial charge is 0.506 e. The predicted octanol–water partition coefficient (Wildman–Crippen LogP) is 3.41. The molecule has 2 aromatic rings. The molecule has 3 rings (SSSR count). The molecule has 0 saturated carbocycles. The van der Waals surface area contributed by atoms with E-state index in [1.807, 2.05) is 36.4 Å². The van der Waals surface area contributed by atoms with Gasteiger partial charge in [-0.25, -0.2) is 0 Å². The van der Waals surface area contributed by atoms with Crippen molar-refractivity contribution in [2.75, 3.05) is 11.9 Å². The fraction of sp³-hybridized carbons (Fsp3) is 0.375. The Labute approximate surface area is 182 Å². The summed E-state index contributed by atoms with van der Waals surface area (Å²) < 4.78 is 4.94. The van der Waals surface area contributed by atoms with Gasteiger partial charge in [-0.05, 0) is 43.4 Å². The fourth-order valence-electron chi connectivity index (χ4n) is 3.79. The van der Waals surface area contributed by atoms with Gasteiger partial charge < -0.3 is 20.1 Å². The monoisotopic (exact) mass is 424 g/mol. The Bertz CT molecular complexity index is 929. The molecule has 164 valence electrons. The third kappa shape index (κ3) is 5.84. The molecule has 2 N–H and O–H groups in total. The summed E-state index contributed by atoms with van der Waals surface area (Å²) in [5.74, 6) is -0.693. The van der Waals surface area contributed by atoms with Crippen molar-refractivity contribution in [1.29, 1.82) is 0 Å². The highest BCUT2D eigenvalue weighted by Gasteiger charge is 2.36. The third-order valence-corrected chi connectivity index (χ3v) is 5.34.